The SMILES string of the molecule is CCO[Si](/C=C/c1ccccc1)(OC)OC. The number of benzene rings is 1. The van der Waals surface area contributed by atoms with Crippen LogP contribution in [0.5, 0.6) is 0 Å². The van der Waals surface area contributed by atoms with E-state index in [0.717, 1.165) is 5.56 Å². The second-order valence-electron chi connectivity index (χ2n) is 3.19. The van der Waals surface area contributed by atoms with Crippen LogP contribution in [0, 0.1) is 0 Å². The average molecular weight is 238 g/mol. The molecule has 0 aromatic heterocycles. The topological polar surface area (TPSA) is 27.7 Å². The first-order valence-corrected chi connectivity index (χ1v) is 7.05. The van der Waals surface area contributed by atoms with Crippen LogP contribution in [0.2, 0.25) is 0 Å². The van der Waals surface area contributed by atoms with E-state index in [0.29, 0.717) is 6.61 Å². The van der Waals surface area contributed by atoms with Gasteiger partial charge in [-0.25, -0.2) is 0 Å². The summed E-state index contributed by atoms with van der Waals surface area (Å²) in [5.41, 5.74) is 3.00. The third-order valence-corrected chi connectivity index (χ3v) is 4.60. The molecule has 0 amide bonds. The van der Waals surface area contributed by atoms with Crippen molar-refractivity contribution >= 4 is 14.9 Å². The normalized spacial score (nSPS) is 12.2. The van der Waals surface area contributed by atoms with Gasteiger partial charge in [0.05, 0.1) is 0 Å². The Morgan fingerprint density at radius 3 is 2.25 bits per heavy atom. The lowest BCUT2D eigenvalue weighted by Gasteiger charge is -2.22. The minimum Gasteiger partial charge on any atom is -0.374 e. The van der Waals surface area contributed by atoms with Crippen LogP contribution in [0.15, 0.2) is 36.0 Å². The van der Waals surface area contributed by atoms with Crippen molar-refractivity contribution < 1.29 is 13.3 Å². The summed E-state index contributed by atoms with van der Waals surface area (Å²) in [6.07, 6.45) is 1.97. The van der Waals surface area contributed by atoms with Gasteiger partial charge in [0, 0.05) is 20.8 Å². The van der Waals surface area contributed by atoms with E-state index in [4.69, 9.17) is 13.3 Å². The van der Waals surface area contributed by atoms with E-state index in [1.165, 1.54) is 0 Å². The lowest BCUT2D eigenvalue weighted by atomic mass is 10.2. The molecule has 0 unspecified atom stereocenters. The first kappa shape index (κ1) is 13.1. The Morgan fingerprint density at radius 1 is 1.12 bits per heavy atom. The van der Waals surface area contributed by atoms with Gasteiger partial charge >= 0.3 is 8.80 Å². The fourth-order valence-corrected chi connectivity index (χ4v) is 2.92. The van der Waals surface area contributed by atoms with Crippen LogP contribution in [0.1, 0.15) is 12.5 Å². The largest absolute Gasteiger partial charge is 0.529 e. The molecule has 0 saturated carbocycles. The van der Waals surface area contributed by atoms with E-state index in [9.17, 15) is 0 Å². The summed E-state index contributed by atoms with van der Waals surface area (Å²) in [5, 5.41) is 0. The van der Waals surface area contributed by atoms with Crippen molar-refractivity contribution in [3.8, 4) is 0 Å². The van der Waals surface area contributed by atoms with Crippen molar-refractivity contribution in [1.29, 1.82) is 0 Å². The second kappa shape index (κ2) is 6.60. The molecule has 1 aromatic carbocycles. The molecular weight excluding hydrogens is 220 g/mol. The van der Waals surface area contributed by atoms with E-state index < -0.39 is 8.80 Å². The van der Waals surface area contributed by atoms with Crippen LogP contribution in [-0.2, 0) is 13.3 Å². The van der Waals surface area contributed by atoms with Crippen molar-refractivity contribution in [3.05, 3.63) is 41.6 Å². The predicted octanol–water partition coefficient (Wildman–Crippen LogP) is 2.51. The lowest BCUT2D eigenvalue weighted by Crippen LogP contribution is -2.42. The van der Waals surface area contributed by atoms with E-state index in [1.54, 1.807) is 14.2 Å². The van der Waals surface area contributed by atoms with Gasteiger partial charge in [0.15, 0.2) is 0 Å². The summed E-state index contributed by atoms with van der Waals surface area (Å²) in [7, 11) is 0.617. The molecule has 0 aliphatic rings. The minimum absolute atomic E-state index is 0.576. The van der Waals surface area contributed by atoms with E-state index in [1.807, 2.05) is 49.0 Å². The fraction of sp³-hybridized carbons (Fsp3) is 0.333. The molecule has 4 heteroatoms. The standard InChI is InChI=1S/C12H18O3Si/c1-4-15-16(13-2,14-3)11-10-12-8-6-5-7-9-12/h5-11H,4H2,1-3H3/b11-10+. The average Bonchev–Trinajstić information content (AvgIpc) is 2.36. The maximum atomic E-state index is 5.56. The van der Waals surface area contributed by atoms with E-state index in [2.05, 4.69) is 0 Å². The molecule has 1 aromatic rings. The van der Waals surface area contributed by atoms with Crippen molar-refractivity contribution in [1.82, 2.24) is 0 Å². The Bertz CT molecular complexity index is 320. The Hall–Kier alpha value is -0.943. The van der Waals surface area contributed by atoms with Crippen LogP contribution in [0.25, 0.3) is 6.08 Å². The Morgan fingerprint density at radius 2 is 1.75 bits per heavy atom. The van der Waals surface area contributed by atoms with Crippen LogP contribution in [-0.4, -0.2) is 29.6 Å². The number of hydrogen-bond acceptors (Lipinski definition) is 3. The quantitative estimate of drug-likeness (QED) is 0.713. The molecule has 0 bridgehead atoms. The van der Waals surface area contributed by atoms with Gasteiger partial charge in [-0.3, -0.25) is 0 Å². The molecule has 0 spiro atoms. The van der Waals surface area contributed by atoms with E-state index in [-0.39, 0.29) is 0 Å². The number of hydrogen-bond donors (Lipinski definition) is 0. The zero-order valence-corrected chi connectivity index (χ0v) is 11.0. The summed E-state index contributed by atoms with van der Waals surface area (Å²) in [6, 6.07) is 10.0. The summed E-state index contributed by atoms with van der Waals surface area (Å²) in [4.78, 5) is 0. The zero-order valence-electron chi connectivity index (χ0n) is 9.97. The van der Waals surface area contributed by atoms with Gasteiger partial charge in [-0.1, -0.05) is 36.4 Å². The molecule has 0 fully saturated rings. The van der Waals surface area contributed by atoms with Crippen molar-refractivity contribution in [3.63, 3.8) is 0 Å². The van der Waals surface area contributed by atoms with E-state index >= 15 is 0 Å². The molecule has 0 aliphatic carbocycles. The molecule has 0 heterocycles. The highest BCUT2D eigenvalue weighted by molar-refractivity contribution is 6.66. The Balaban J connectivity index is 2.79. The van der Waals surface area contributed by atoms with Gasteiger partial charge in [0.1, 0.15) is 0 Å². The molecule has 3 nitrogen and oxygen atoms in total. The maximum Gasteiger partial charge on any atom is 0.529 e. The molecule has 0 radical (unpaired) electrons. The first-order valence-electron chi connectivity index (χ1n) is 5.25. The van der Waals surface area contributed by atoms with Gasteiger partial charge in [-0.2, -0.15) is 0 Å². The summed E-state index contributed by atoms with van der Waals surface area (Å²) in [5.74, 6) is 0. The molecule has 0 aliphatic heterocycles. The van der Waals surface area contributed by atoms with Gasteiger partial charge in [-0.05, 0) is 18.2 Å². The summed E-state index contributed by atoms with van der Waals surface area (Å²) >= 11 is 0. The predicted molar refractivity (Wildman–Crippen MR) is 66.9 cm³/mol. The van der Waals surface area contributed by atoms with Crippen molar-refractivity contribution in [2.45, 2.75) is 6.92 Å². The molecular formula is C12H18O3Si. The van der Waals surface area contributed by atoms with Gasteiger partial charge < -0.3 is 13.3 Å². The van der Waals surface area contributed by atoms with Gasteiger partial charge in [-0.15, -0.1) is 0 Å². The third kappa shape index (κ3) is 3.57. The van der Waals surface area contributed by atoms with Crippen LogP contribution in [0.3, 0.4) is 0 Å². The molecule has 0 saturated heterocycles. The molecule has 88 valence electrons. The zero-order chi connectivity index (χ0) is 11.9. The summed E-state index contributed by atoms with van der Waals surface area (Å²) in [6.45, 7) is 2.50. The number of rotatable bonds is 6. The second-order valence-corrected chi connectivity index (χ2v) is 5.83. The van der Waals surface area contributed by atoms with Crippen LogP contribution < -0.4 is 0 Å². The minimum atomic E-state index is -2.61. The highest BCUT2D eigenvalue weighted by atomic mass is 28.4. The van der Waals surface area contributed by atoms with Crippen molar-refractivity contribution in [2.24, 2.45) is 0 Å². The molecule has 0 atom stereocenters. The maximum absolute atomic E-state index is 5.56. The Kier molecular flexibility index (Phi) is 5.41. The lowest BCUT2D eigenvalue weighted by molar-refractivity contribution is 0.118. The van der Waals surface area contributed by atoms with Crippen molar-refractivity contribution in [2.75, 3.05) is 20.8 Å². The fourth-order valence-electron chi connectivity index (χ4n) is 1.35. The monoisotopic (exact) mass is 238 g/mol. The van der Waals surface area contributed by atoms with Crippen LogP contribution >= 0.6 is 0 Å². The van der Waals surface area contributed by atoms with Gasteiger partial charge in [0.25, 0.3) is 0 Å². The Labute approximate surface area is 98.0 Å². The molecule has 0 N–H and O–H groups in total. The van der Waals surface area contributed by atoms with Gasteiger partial charge in [0.2, 0.25) is 0 Å². The third-order valence-electron chi connectivity index (χ3n) is 2.19. The highest BCUT2D eigenvalue weighted by Crippen LogP contribution is 2.12. The smallest absolute Gasteiger partial charge is 0.374 e. The summed E-state index contributed by atoms with van der Waals surface area (Å²) < 4.78 is 16.3. The highest BCUT2D eigenvalue weighted by Gasteiger charge is 2.35. The first-order chi connectivity index (χ1) is 7.76. The molecule has 16 heavy (non-hydrogen) atoms. The molecule has 1 rings (SSSR count). The van der Waals surface area contributed by atoms with Crippen LogP contribution in [0.4, 0.5) is 0 Å².